The van der Waals surface area contributed by atoms with Crippen molar-refractivity contribution in [2.24, 2.45) is 0 Å². The number of methoxy groups -OCH3 is 2. The van der Waals surface area contributed by atoms with E-state index in [9.17, 15) is 9.90 Å². The summed E-state index contributed by atoms with van der Waals surface area (Å²) in [4.78, 5) is 11.9. The lowest BCUT2D eigenvalue weighted by molar-refractivity contribution is -0.252. The van der Waals surface area contributed by atoms with E-state index in [1.54, 1.807) is 14.2 Å². The summed E-state index contributed by atoms with van der Waals surface area (Å²) >= 11 is 0. The van der Waals surface area contributed by atoms with Gasteiger partial charge in [0.05, 0.1) is 26.4 Å². The highest BCUT2D eigenvalue weighted by Crippen LogP contribution is 2.30. The van der Waals surface area contributed by atoms with Crippen LogP contribution >= 0.6 is 0 Å². The quantitative estimate of drug-likeness (QED) is 0.192. The van der Waals surface area contributed by atoms with Gasteiger partial charge in [0.1, 0.15) is 12.4 Å². The molecular weight excluding hydrogens is 464 g/mol. The van der Waals surface area contributed by atoms with Crippen molar-refractivity contribution in [3.8, 4) is 16.9 Å². The summed E-state index contributed by atoms with van der Waals surface area (Å²) in [6.45, 7) is -0.0982. The Morgan fingerprint density at radius 2 is 1.39 bits per heavy atom. The molecule has 8 nitrogen and oxygen atoms in total. The molecule has 0 aliphatic carbocycles. The number of hydrogen-bond acceptors (Lipinski definition) is 8. The monoisotopic (exact) mass is 496 g/mol. The summed E-state index contributed by atoms with van der Waals surface area (Å²) in [5.74, 6) is -0.112. The van der Waals surface area contributed by atoms with Crippen LogP contribution in [-0.4, -0.2) is 64.8 Å². The van der Waals surface area contributed by atoms with Gasteiger partial charge in [-0.1, -0.05) is 60.7 Å². The van der Waals surface area contributed by atoms with E-state index in [1.165, 1.54) is 0 Å². The summed E-state index contributed by atoms with van der Waals surface area (Å²) in [6.07, 6.45) is -0.636. The van der Waals surface area contributed by atoms with Gasteiger partial charge in [-0.05, 0) is 40.5 Å². The molecule has 0 bridgehead atoms. The van der Waals surface area contributed by atoms with Crippen molar-refractivity contribution < 1.29 is 38.3 Å². The number of ether oxygens (including phenoxy) is 6. The SMILES string of the molecule is COCCOC(OCCOC)Oc1ccc(-c2cccc(C(OC(=O)CO)c3ccccc3)c2)cc1. The van der Waals surface area contributed by atoms with Crippen LogP contribution in [0.15, 0.2) is 78.9 Å². The van der Waals surface area contributed by atoms with E-state index in [-0.39, 0.29) is 0 Å². The average Bonchev–Trinajstić information content (AvgIpc) is 2.92. The molecular formula is C28H32O8. The average molecular weight is 497 g/mol. The molecule has 3 rings (SSSR count). The Balaban J connectivity index is 1.75. The smallest absolute Gasteiger partial charge is 0.332 e. The van der Waals surface area contributed by atoms with Gasteiger partial charge in [-0.3, -0.25) is 0 Å². The molecule has 0 saturated carbocycles. The van der Waals surface area contributed by atoms with E-state index in [4.69, 9.17) is 28.4 Å². The largest absolute Gasteiger partial charge is 0.451 e. The highest BCUT2D eigenvalue weighted by atomic mass is 16.8. The maximum atomic E-state index is 11.9. The number of carbonyl (C=O) groups is 1. The Bertz CT molecular complexity index is 1030. The van der Waals surface area contributed by atoms with Crippen LogP contribution in [0.1, 0.15) is 17.2 Å². The summed E-state index contributed by atoms with van der Waals surface area (Å²) in [7, 11) is 3.19. The fourth-order valence-corrected chi connectivity index (χ4v) is 3.41. The molecule has 0 amide bonds. The third kappa shape index (κ3) is 8.44. The second kappa shape index (κ2) is 15.0. The first-order chi connectivity index (χ1) is 17.6. The van der Waals surface area contributed by atoms with E-state index in [2.05, 4.69) is 0 Å². The first kappa shape index (κ1) is 27.3. The summed E-state index contributed by atoms with van der Waals surface area (Å²) in [6, 6.07) is 24.6. The minimum atomic E-state index is -0.891. The summed E-state index contributed by atoms with van der Waals surface area (Å²) in [5.41, 5.74) is 3.48. The van der Waals surface area contributed by atoms with Gasteiger partial charge in [0.2, 0.25) is 0 Å². The van der Waals surface area contributed by atoms with Gasteiger partial charge in [0.25, 0.3) is 0 Å². The highest BCUT2D eigenvalue weighted by Gasteiger charge is 2.19. The number of hydrogen-bond donors (Lipinski definition) is 1. The minimum absolute atomic E-state index is 0.322. The van der Waals surface area contributed by atoms with Crippen molar-refractivity contribution in [2.45, 2.75) is 12.6 Å². The van der Waals surface area contributed by atoms with Gasteiger partial charge >= 0.3 is 12.4 Å². The fraction of sp³-hybridized carbons (Fsp3) is 0.321. The molecule has 36 heavy (non-hydrogen) atoms. The molecule has 192 valence electrons. The topological polar surface area (TPSA) is 92.7 Å². The lowest BCUT2D eigenvalue weighted by Gasteiger charge is -2.20. The van der Waals surface area contributed by atoms with Gasteiger partial charge in [-0.15, -0.1) is 0 Å². The van der Waals surface area contributed by atoms with Crippen LogP contribution in [0.2, 0.25) is 0 Å². The fourth-order valence-electron chi connectivity index (χ4n) is 3.41. The van der Waals surface area contributed by atoms with E-state index in [1.807, 2.05) is 78.9 Å². The second-order valence-electron chi connectivity index (χ2n) is 7.72. The molecule has 0 aliphatic heterocycles. The lowest BCUT2D eigenvalue weighted by Crippen LogP contribution is -2.27. The Hall–Kier alpha value is -3.27. The van der Waals surface area contributed by atoms with Crippen LogP contribution < -0.4 is 4.74 Å². The van der Waals surface area contributed by atoms with Crippen LogP contribution in [0.3, 0.4) is 0 Å². The molecule has 1 atom stereocenters. The molecule has 0 spiro atoms. The number of carbonyl (C=O) groups excluding carboxylic acids is 1. The van der Waals surface area contributed by atoms with E-state index < -0.39 is 25.2 Å². The lowest BCUT2D eigenvalue weighted by atomic mass is 9.97. The molecule has 8 heteroatoms. The third-order valence-corrected chi connectivity index (χ3v) is 5.17. The number of aliphatic hydroxyl groups excluding tert-OH is 1. The van der Waals surface area contributed by atoms with Crippen molar-refractivity contribution in [1.82, 2.24) is 0 Å². The summed E-state index contributed by atoms with van der Waals surface area (Å²) in [5, 5.41) is 9.20. The maximum Gasteiger partial charge on any atom is 0.332 e. The Morgan fingerprint density at radius 1 is 0.750 bits per heavy atom. The Kier molecular flexibility index (Phi) is 11.4. The molecule has 1 N–H and O–H groups in total. The minimum Gasteiger partial charge on any atom is -0.451 e. The van der Waals surface area contributed by atoms with Crippen molar-refractivity contribution in [1.29, 1.82) is 0 Å². The van der Waals surface area contributed by atoms with Crippen LogP contribution in [-0.2, 0) is 28.5 Å². The molecule has 0 aromatic heterocycles. The van der Waals surface area contributed by atoms with E-state index >= 15 is 0 Å². The Morgan fingerprint density at radius 3 is 2.00 bits per heavy atom. The van der Waals surface area contributed by atoms with Gasteiger partial charge in [-0.25, -0.2) is 4.79 Å². The molecule has 0 heterocycles. The standard InChI is InChI=1S/C28H32O8/c1-31-15-17-33-28(34-18-16-32-2)35-25-13-11-21(12-14-25)23-9-6-10-24(19-23)27(36-26(30)20-29)22-7-4-3-5-8-22/h3-14,19,27-29H,15-18,20H2,1-2H3. The number of rotatable bonds is 15. The zero-order valence-electron chi connectivity index (χ0n) is 20.5. The van der Waals surface area contributed by atoms with Gasteiger partial charge in [0, 0.05) is 14.2 Å². The first-order valence-corrected chi connectivity index (χ1v) is 11.6. The molecule has 1 unspecified atom stereocenters. The van der Waals surface area contributed by atoms with E-state index in [0.29, 0.717) is 32.2 Å². The maximum absolute atomic E-state index is 11.9. The predicted octanol–water partition coefficient (Wildman–Crippen LogP) is 3.97. The number of benzene rings is 3. The molecule has 0 aliphatic rings. The van der Waals surface area contributed by atoms with Gasteiger partial charge in [-0.2, -0.15) is 0 Å². The summed E-state index contributed by atoms with van der Waals surface area (Å²) < 4.78 is 32.6. The molecule has 3 aromatic rings. The van der Waals surface area contributed by atoms with E-state index in [0.717, 1.165) is 22.3 Å². The molecule has 0 fully saturated rings. The number of esters is 1. The van der Waals surface area contributed by atoms with Gasteiger partial charge in [0.15, 0.2) is 6.10 Å². The zero-order chi connectivity index (χ0) is 25.6. The first-order valence-electron chi connectivity index (χ1n) is 11.6. The van der Waals surface area contributed by atoms with Crippen LogP contribution in [0.25, 0.3) is 11.1 Å². The van der Waals surface area contributed by atoms with Crippen LogP contribution in [0, 0.1) is 0 Å². The van der Waals surface area contributed by atoms with Crippen LogP contribution in [0.5, 0.6) is 5.75 Å². The zero-order valence-corrected chi connectivity index (χ0v) is 20.5. The highest BCUT2D eigenvalue weighted by molar-refractivity contribution is 5.71. The van der Waals surface area contributed by atoms with Crippen molar-refractivity contribution in [2.75, 3.05) is 47.3 Å². The molecule has 3 aromatic carbocycles. The number of aliphatic hydroxyl groups is 1. The Labute approximate surface area is 211 Å². The molecule has 0 saturated heterocycles. The van der Waals surface area contributed by atoms with Gasteiger partial charge < -0.3 is 33.5 Å². The van der Waals surface area contributed by atoms with Crippen molar-refractivity contribution in [3.05, 3.63) is 90.0 Å². The second-order valence-corrected chi connectivity index (χ2v) is 7.72. The predicted molar refractivity (Wildman–Crippen MR) is 133 cm³/mol. The molecule has 0 radical (unpaired) electrons. The van der Waals surface area contributed by atoms with Crippen molar-refractivity contribution in [3.63, 3.8) is 0 Å². The van der Waals surface area contributed by atoms with Crippen LogP contribution in [0.4, 0.5) is 0 Å². The normalized spacial score (nSPS) is 11.9. The van der Waals surface area contributed by atoms with Crippen molar-refractivity contribution >= 4 is 5.97 Å². The third-order valence-electron chi connectivity index (χ3n) is 5.17.